The first-order valence-corrected chi connectivity index (χ1v) is 10.5. The number of benzene rings is 2. The van der Waals surface area contributed by atoms with E-state index in [4.69, 9.17) is 4.74 Å². The van der Waals surface area contributed by atoms with Gasteiger partial charge >= 0.3 is 0 Å². The quantitative estimate of drug-likeness (QED) is 0.646. The minimum Gasteiger partial charge on any atom is -0.490 e. The van der Waals surface area contributed by atoms with Gasteiger partial charge < -0.3 is 15.0 Å². The lowest BCUT2D eigenvalue weighted by Crippen LogP contribution is -2.50. The molecule has 1 saturated heterocycles. The summed E-state index contributed by atoms with van der Waals surface area (Å²) < 4.78 is 5.89. The largest absolute Gasteiger partial charge is 0.490 e. The molecule has 3 amide bonds. The van der Waals surface area contributed by atoms with E-state index in [1.807, 2.05) is 18.2 Å². The third-order valence-corrected chi connectivity index (χ3v) is 5.13. The van der Waals surface area contributed by atoms with Crippen LogP contribution in [0.5, 0.6) is 5.75 Å². The van der Waals surface area contributed by atoms with Gasteiger partial charge in [0.25, 0.3) is 5.91 Å². The predicted molar refractivity (Wildman–Crippen MR) is 119 cm³/mol. The Morgan fingerprint density at radius 3 is 2.48 bits per heavy atom. The average Bonchev–Trinajstić information content (AvgIpc) is 2.79. The maximum Gasteiger partial charge on any atom is 0.255 e. The molecule has 2 aromatic rings. The molecule has 3 rings (SSSR count). The van der Waals surface area contributed by atoms with Crippen LogP contribution in [0, 0.1) is 0 Å². The highest BCUT2D eigenvalue weighted by molar-refractivity contribution is 6.06. The summed E-state index contributed by atoms with van der Waals surface area (Å²) in [7, 11) is 0. The second-order valence-electron chi connectivity index (χ2n) is 7.14. The Balaban J connectivity index is 1.64. The van der Waals surface area contributed by atoms with Crippen LogP contribution in [-0.4, -0.2) is 48.9 Å². The summed E-state index contributed by atoms with van der Waals surface area (Å²) in [4.78, 5) is 38.6. The van der Waals surface area contributed by atoms with Crippen molar-refractivity contribution in [1.29, 1.82) is 0 Å². The Labute approximate surface area is 182 Å². The highest BCUT2D eigenvalue weighted by Crippen LogP contribution is 2.25. The minimum atomic E-state index is -0.291. The molecule has 0 spiro atoms. The minimum absolute atomic E-state index is 0.166. The van der Waals surface area contributed by atoms with Crippen molar-refractivity contribution < 1.29 is 19.1 Å². The molecule has 1 aliphatic heterocycles. The summed E-state index contributed by atoms with van der Waals surface area (Å²) in [5.74, 6) is -0.0757. The van der Waals surface area contributed by atoms with Crippen LogP contribution in [-0.2, 0) is 9.59 Å². The van der Waals surface area contributed by atoms with Crippen molar-refractivity contribution in [3.05, 3.63) is 54.1 Å². The van der Waals surface area contributed by atoms with Gasteiger partial charge in [-0.15, -0.1) is 0 Å². The van der Waals surface area contributed by atoms with E-state index in [-0.39, 0.29) is 30.6 Å². The van der Waals surface area contributed by atoms with Gasteiger partial charge in [0.1, 0.15) is 12.4 Å². The molecule has 31 heavy (non-hydrogen) atoms. The van der Waals surface area contributed by atoms with Crippen LogP contribution in [0.1, 0.15) is 37.0 Å². The first kappa shape index (κ1) is 22.3. The Bertz CT molecular complexity index is 925. The van der Waals surface area contributed by atoms with Gasteiger partial charge in [-0.2, -0.15) is 0 Å². The van der Waals surface area contributed by atoms with Crippen LogP contribution in [0.2, 0.25) is 0 Å². The van der Waals surface area contributed by atoms with Crippen molar-refractivity contribution in [2.24, 2.45) is 0 Å². The fourth-order valence-corrected chi connectivity index (χ4v) is 3.26. The lowest BCUT2D eigenvalue weighted by Gasteiger charge is -2.27. The third kappa shape index (κ3) is 5.82. The number of carbonyl (C=O) groups excluding carboxylic acids is 3. The second-order valence-corrected chi connectivity index (χ2v) is 7.14. The highest BCUT2D eigenvalue weighted by Gasteiger charge is 2.24. The molecule has 1 fully saturated rings. The van der Waals surface area contributed by atoms with Crippen molar-refractivity contribution >= 4 is 29.1 Å². The first-order valence-electron chi connectivity index (χ1n) is 10.5. The number of hydrogen-bond donors (Lipinski definition) is 2. The lowest BCUT2D eigenvalue weighted by atomic mass is 10.1. The van der Waals surface area contributed by atoms with Crippen molar-refractivity contribution in [3.63, 3.8) is 0 Å². The van der Waals surface area contributed by atoms with Gasteiger partial charge in [0.2, 0.25) is 11.8 Å². The molecule has 0 atom stereocenters. The number of hydrazine groups is 1. The van der Waals surface area contributed by atoms with Gasteiger partial charge in [-0.3, -0.25) is 19.8 Å². The number of para-hydroxylation sites is 2. The molecular weight excluding hydrogens is 396 g/mol. The maximum atomic E-state index is 12.7. The third-order valence-electron chi connectivity index (χ3n) is 5.13. The van der Waals surface area contributed by atoms with Crippen LogP contribution in [0.3, 0.4) is 0 Å². The van der Waals surface area contributed by atoms with E-state index in [2.05, 4.69) is 29.5 Å². The topological polar surface area (TPSA) is 91.0 Å². The number of likely N-dealkylation sites (N-methyl/N-ethyl adjacent to an activating group) is 1. The van der Waals surface area contributed by atoms with E-state index in [9.17, 15) is 14.4 Å². The molecule has 0 aromatic heterocycles. The zero-order valence-electron chi connectivity index (χ0n) is 17.9. The SMILES string of the molecule is CCN(CC)CCOc1ccccc1NC(=O)c1ccc(N2NC(=O)CCC2=O)cc1. The molecule has 164 valence electrons. The number of hydrogen-bond acceptors (Lipinski definition) is 5. The number of nitrogens with one attached hydrogen (secondary N) is 2. The van der Waals surface area contributed by atoms with E-state index in [0.29, 0.717) is 29.3 Å². The molecule has 0 bridgehead atoms. The first-order chi connectivity index (χ1) is 15.0. The zero-order valence-corrected chi connectivity index (χ0v) is 17.9. The normalized spacial score (nSPS) is 13.8. The molecule has 2 N–H and O–H groups in total. The van der Waals surface area contributed by atoms with Gasteiger partial charge in [0.05, 0.1) is 11.4 Å². The van der Waals surface area contributed by atoms with Crippen molar-refractivity contribution in [1.82, 2.24) is 10.3 Å². The smallest absolute Gasteiger partial charge is 0.255 e. The van der Waals surface area contributed by atoms with E-state index in [1.165, 1.54) is 5.01 Å². The van der Waals surface area contributed by atoms with Gasteiger partial charge in [0, 0.05) is 24.9 Å². The molecule has 8 heteroatoms. The summed E-state index contributed by atoms with van der Waals surface area (Å²) in [6.45, 7) is 7.47. The van der Waals surface area contributed by atoms with E-state index < -0.39 is 0 Å². The number of amides is 3. The van der Waals surface area contributed by atoms with Gasteiger partial charge in [-0.1, -0.05) is 26.0 Å². The molecule has 8 nitrogen and oxygen atoms in total. The zero-order chi connectivity index (χ0) is 22.2. The summed E-state index contributed by atoms with van der Waals surface area (Å²) in [5.41, 5.74) is 4.07. The van der Waals surface area contributed by atoms with E-state index >= 15 is 0 Å². The van der Waals surface area contributed by atoms with Crippen LogP contribution in [0.4, 0.5) is 11.4 Å². The van der Waals surface area contributed by atoms with E-state index in [0.717, 1.165) is 19.6 Å². The van der Waals surface area contributed by atoms with Crippen LogP contribution >= 0.6 is 0 Å². The molecule has 1 aliphatic rings. The maximum absolute atomic E-state index is 12.7. The fourth-order valence-electron chi connectivity index (χ4n) is 3.26. The fraction of sp³-hybridized carbons (Fsp3) is 0.348. The molecule has 2 aromatic carbocycles. The van der Waals surface area contributed by atoms with Crippen molar-refractivity contribution in [2.75, 3.05) is 36.6 Å². The van der Waals surface area contributed by atoms with Crippen LogP contribution < -0.4 is 20.5 Å². The van der Waals surface area contributed by atoms with Crippen LogP contribution in [0.25, 0.3) is 0 Å². The monoisotopic (exact) mass is 424 g/mol. The van der Waals surface area contributed by atoms with Gasteiger partial charge in [-0.05, 0) is 49.5 Å². The Morgan fingerprint density at radius 1 is 1.06 bits per heavy atom. The number of rotatable bonds is 9. The lowest BCUT2D eigenvalue weighted by molar-refractivity contribution is -0.130. The highest BCUT2D eigenvalue weighted by atomic mass is 16.5. The van der Waals surface area contributed by atoms with Crippen molar-refractivity contribution in [2.45, 2.75) is 26.7 Å². The summed E-state index contributed by atoms with van der Waals surface area (Å²) >= 11 is 0. The number of anilines is 2. The Kier molecular flexibility index (Phi) is 7.61. The molecule has 0 aliphatic carbocycles. The van der Waals surface area contributed by atoms with Crippen molar-refractivity contribution in [3.8, 4) is 5.75 Å². The summed E-state index contributed by atoms with van der Waals surface area (Å²) in [6.07, 6.45) is 0.353. The standard InChI is InChI=1S/C23H28N4O4/c1-3-26(4-2)15-16-31-20-8-6-5-7-19(20)24-23(30)17-9-11-18(12-10-17)27-22(29)14-13-21(28)25-27/h5-12H,3-4,13-16H2,1-2H3,(H,24,30)(H,25,28). The molecule has 1 heterocycles. The molecule has 0 radical (unpaired) electrons. The number of nitrogens with zero attached hydrogens (tertiary/aromatic N) is 2. The average molecular weight is 425 g/mol. The molecule has 0 saturated carbocycles. The van der Waals surface area contributed by atoms with E-state index in [1.54, 1.807) is 30.3 Å². The molecular formula is C23H28N4O4. The Morgan fingerprint density at radius 2 is 1.77 bits per heavy atom. The second kappa shape index (κ2) is 10.6. The summed E-state index contributed by atoms with van der Waals surface area (Å²) in [5, 5.41) is 4.09. The summed E-state index contributed by atoms with van der Waals surface area (Å²) in [6, 6.07) is 13.8. The van der Waals surface area contributed by atoms with Gasteiger partial charge in [0.15, 0.2) is 0 Å². The molecule has 0 unspecified atom stereocenters. The number of carbonyl (C=O) groups is 3. The van der Waals surface area contributed by atoms with Crippen LogP contribution in [0.15, 0.2) is 48.5 Å². The van der Waals surface area contributed by atoms with Gasteiger partial charge in [-0.25, -0.2) is 5.01 Å². The predicted octanol–water partition coefficient (Wildman–Crippen LogP) is 2.82. The Hall–Kier alpha value is -3.39. The number of ether oxygens (including phenoxy) is 1.